The number of nitrogens with zero attached hydrogens (tertiary/aromatic N) is 1. The first-order chi connectivity index (χ1) is 15.7. The standard InChI is InChI=1S/C24H33FN2O5.C2H6/c1-14(17-8-9-18(28)26-20(17)29)12-15(2)19(25)16(3)24-10-11-27(13-23(24,7)32-24)21(30)31-22(4,5)6;1-2/h12,17H,2,8-11,13H2,1,3-7H3,(H,26,28,29);1-2H3/b14-12+,19-16-;. The average molecular weight is 479 g/mol. The minimum Gasteiger partial charge on any atom is -0.444 e. The van der Waals surface area contributed by atoms with Crippen LogP contribution in [0.2, 0.25) is 0 Å². The van der Waals surface area contributed by atoms with Gasteiger partial charge in [0.1, 0.15) is 22.6 Å². The van der Waals surface area contributed by atoms with Crippen molar-refractivity contribution in [1.29, 1.82) is 0 Å². The number of allylic oxidation sites excluding steroid dienone is 3. The van der Waals surface area contributed by atoms with Gasteiger partial charge in [-0.3, -0.25) is 14.9 Å². The van der Waals surface area contributed by atoms with Gasteiger partial charge in [0.15, 0.2) is 0 Å². The minimum atomic E-state index is -0.797. The summed E-state index contributed by atoms with van der Waals surface area (Å²) in [4.78, 5) is 37.5. The second kappa shape index (κ2) is 10.0. The summed E-state index contributed by atoms with van der Waals surface area (Å²) in [6.45, 7) is 19.3. The van der Waals surface area contributed by atoms with Crippen molar-refractivity contribution in [3.8, 4) is 0 Å². The minimum absolute atomic E-state index is 0.159. The second-order valence-electron chi connectivity index (χ2n) is 10.2. The zero-order valence-corrected chi connectivity index (χ0v) is 21.8. The number of carbonyl (C=O) groups is 3. The quantitative estimate of drug-likeness (QED) is 0.350. The number of epoxide rings is 1. The first kappa shape index (κ1) is 27.8. The SMILES string of the molecule is C=C(/C=C(\C)C1CCC(=O)NC1=O)/C(F)=C(\C)C12CCN(C(=O)OC(C)(C)C)CC1(C)O2.CC. The average Bonchev–Trinajstić information content (AvgIpc) is 3.38. The zero-order chi connectivity index (χ0) is 26.1. The number of fused-ring (bicyclic) bond motifs is 1. The molecule has 0 aromatic heterocycles. The molecule has 0 aromatic carbocycles. The largest absolute Gasteiger partial charge is 0.444 e. The highest BCUT2D eigenvalue weighted by molar-refractivity contribution is 5.99. The van der Waals surface area contributed by atoms with E-state index in [1.165, 1.54) is 0 Å². The van der Waals surface area contributed by atoms with Crippen LogP contribution >= 0.6 is 0 Å². The summed E-state index contributed by atoms with van der Waals surface area (Å²) >= 11 is 0. The molecule has 0 aromatic rings. The Morgan fingerprint density at radius 1 is 1.29 bits per heavy atom. The summed E-state index contributed by atoms with van der Waals surface area (Å²) in [5.41, 5.74) is -0.850. The van der Waals surface area contributed by atoms with E-state index in [4.69, 9.17) is 9.47 Å². The third kappa shape index (κ3) is 5.59. The lowest BCUT2D eigenvalue weighted by Crippen LogP contribution is -2.49. The van der Waals surface area contributed by atoms with Crippen molar-refractivity contribution >= 4 is 17.9 Å². The molecule has 3 aliphatic heterocycles. The number of amides is 3. The van der Waals surface area contributed by atoms with Crippen molar-refractivity contribution < 1.29 is 28.2 Å². The van der Waals surface area contributed by atoms with E-state index in [0.717, 1.165) is 0 Å². The lowest BCUT2D eigenvalue weighted by atomic mass is 9.80. The number of imide groups is 1. The molecule has 3 heterocycles. The number of halogens is 1. The van der Waals surface area contributed by atoms with Gasteiger partial charge in [0.25, 0.3) is 0 Å². The smallest absolute Gasteiger partial charge is 0.410 e. The maximum atomic E-state index is 15.4. The van der Waals surface area contributed by atoms with Gasteiger partial charge in [0.2, 0.25) is 11.8 Å². The molecule has 1 N–H and O–H groups in total. The van der Waals surface area contributed by atoms with Crippen molar-refractivity contribution in [2.45, 2.75) is 91.5 Å². The maximum Gasteiger partial charge on any atom is 0.410 e. The summed E-state index contributed by atoms with van der Waals surface area (Å²) in [6.07, 6.45) is 2.26. The maximum absolute atomic E-state index is 15.4. The summed E-state index contributed by atoms with van der Waals surface area (Å²) < 4.78 is 26.9. The van der Waals surface area contributed by atoms with E-state index in [-0.39, 0.29) is 23.8 Å². The van der Waals surface area contributed by atoms with Crippen LogP contribution in [0.4, 0.5) is 9.18 Å². The van der Waals surface area contributed by atoms with Crippen LogP contribution in [-0.4, -0.2) is 52.7 Å². The zero-order valence-electron chi connectivity index (χ0n) is 21.8. The molecule has 3 fully saturated rings. The van der Waals surface area contributed by atoms with Crippen LogP contribution in [0.3, 0.4) is 0 Å². The molecule has 3 atom stereocenters. The number of hydrogen-bond donors (Lipinski definition) is 1. The molecule has 0 spiro atoms. The van der Waals surface area contributed by atoms with Crippen LogP contribution in [0.1, 0.15) is 74.7 Å². The van der Waals surface area contributed by atoms with Gasteiger partial charge in [-0.25, -0.2) is 9.18 Å². The van der Waals surface area contributed by atoms with Crippen LogP contribution < -0.4 is 5.32 Å². The molecular weight excluding hydrogens is 439 g/mol. The van der Waals surface area contributed by atoms with E-state index in [9.17, 15) is 14.4 Å². The van der Waals surface area contributed by atoms with E-state index >= 15 is 4.39 Å². The molecule has 34 heavy (non-hydrogen) atoms. The van der Waals surface area contributed by atoms with Gasteiger partial charge in [0, 0.05) is 25.0 Å². The van der Waals surface area contributed by atoms with E-state index in [0.29, 0.717) is 37.1 Å². The molecule has 0 saturated carbocycles. The molecule has 0 bridgehead atoms. The molecule has 0 aliphatic carbocycles. The predicted octanol–water partition coefficient (Wildman–Crippen LogP) is 4.98. The van der Waals surface area contributed by atoms with Crippen LogP contribution in [0, 0.1) is 5.92 Å². The van der Waals surface area contributed by atoms with Crippen LogP contribution in [0.5, 0.6) is 0 Å². The number of hydrogen-bond acceptors (Lipinski definition) is 5. The fourth-order valence-electron chi connectivity index (χ4n) is 4.70. The van der Waals surface area contributed by atoms with Crippen molar-refractivity contribution in [1.82, 2.24) is 10.2 Å². The van der Waals surface area contributed by atoms with Crippen LogP contribution in [-0.2, 0) is 19.1 Å². The lowest BCUT2D eigenvalue weighted by Gasteiger charge is -2.34. The predicted molar refractivity (Wildman–Crippen MR) is 129 cm³/mol. The Hall–Kier alpha value is -2.48. The Morgan fingerprint density at radius 2 is 1.91 bits per heavy atom. The van der Waals surface area contributed by atoms with Gasteiger partial charge < -0.3 is 14.4 Å². The molecular formula is C26H39FN2O5. The third-order valence-corrected chi connectivity index (χ3v) is 6.50. The molecule has 3 saturated heterocycles. The van der Waals surface area contributed by atoms with Gasteiger partial charge >= 0.3 is 6.09 Å². The Balaban J connectivity index is 0.00000199. The van der Waals surface area contributed by atoms with E-state index in [1.807, 2.05) is 41.5 Å². The summed E-state index contributed by atoms with van der Waals surface area (Å²) in [5, 5.41) is 2.32. The highest BCUT2D eigenvalue weighted by atomic mass is 19.1. The van der Waals surface area contributed by atoms with Gasteiger partial charge in [-0.1, -0.05) is 32.1 Å². The lowest BCUT2D eigenvalue weighted by molar-refractivity contribution is -0.135. The summed E-state index contributed by atoms with van der Waals surface area (Å²) in [7, 11) is 0. The Bertz CT molecular complexity index is 932. The van der Waals surface area contributed by atoms with Crippen LogP contribution in [0.25, 0.3) is 0 Å². The Kier molecular flexibility index (Phi) is 8.18. The Labute approximate surface area is 202 Å². The molecule has 3 aliphatic rings. The highest BCUT2D eigenvalue weighted by Gasteiger charge is 2.71. The second-order valence-corrected chi connectivity index (χ2v) is 10.2. The number of likely N-dealkylation sites (tertiary alicyclic amines) is 1. The molecule has 3 amide bonds. The van der Waals surface area contributed by atoms with Crippen molar-refractivity contribution in [3.05, 3.63) is 35.2 Å². The number of carbonyl (C=O) groups excluding carboxylic acids is 3. The summed E-state index contributed by atoms with van der Waals surface area (Å²) in [6, 6.07) is 0. The fraction of sp³-hybridized carbons (Fsp3) is 0.654. The number of nitrogens with one attached hydrogen (secondary N) is 1. The molecule has 3 unspecified atom stereocenters. The fourth-order valence-corrected chi connectivity index (χ4v) is 4.70. The first-order valence-corrected chi connectivity index (χ1v) is 12.0. The third-order valence-electron chi connectivity index (χ3n) is 6.50. The summed E-state index contributed by atoms with van der Waals surface area (Å²) in [5.74, 6) is -1.61. The van der Waals surface area contributed by atoms with Gasteiger partial charge in [0.05, 0.1) is 12.5 Å². The van der Waals surface area contributed by atoms with Crippen molar-refractivity contribution in [2.75, 3.05) is 13.1 Å². The number of rotatable bonds is 4. The van der Waals surface area contributed by atoms with Gasteiger partial charge in [-0.2, -0.15) is 0 Å². The van der Waals surface area contributed by atoms with Gasteiger partial charge in [-0.15, -0.1) is 0 Å². The number of piperidine rings is 2. The van der Waals surface area contributed by atoms with Crippen molar-refractivity contribution in [3.63, 3.8) is 0 Å². The molecule has 190 valence electrons. The molecule has 3 rings (SSSR count). The molecule has 8 heteroatoms. The normalized spacial score (nSPS) is 29.7. The topological polar surface area (TPSA) is 88.2 Å². The molecule has 0 radical (unpaired) electrons. The Morgan fingerprint density at radius 3 is 2.44 bits per heavy atom. The first-order valence-electron chi connectivity index (χ1n) is 12.0. The van der Waals surface area contributed by atoms with Crippen LogP contribution in [0.15, 0.2) is 35.2 Å². The van der Waals surface area contributed by atoms with Gasteiger partial charge in [-0.05, 0) is 53.5 Å². The number of ether oxygens (including phenoxy) is 2. The van der Waals surface area contributed by atoms with E-state index < -0.39 is 34.6 Å². The monoisotopic (exact) mass is 478 g/mol. The highest BCUT2D eigenvalue weighted by Crippen LogP contribution is 2.58. The van der Waals surface area contributed by atoms with E-state index in [2.05, 4.69) is 11.9 Å². The van der Waals surface area contributed by atoms with Crippen molar-refractivity contribution in [2.24, 2.45) is 5.92 Å². The van der Waals surface area contributed by atoms with E-state index in [1.54, 1.807) is 24.8 Å². The molecule has 7 nitrogen and oxygen atoms in total.